The van der Waals surface area contributed by atoms with Crippen LogP contribution in [0.4, 0.5) is 5.69 Å². The second kappa shape index (κ2) is 7.15. The third-order valence-corrected chi connectivity index (χ3v) is 4.12. The highest BCUT2D eigenvalue weighted by atomic mass is 35.5. The van der Waals surface area contributed by atoms with Crippen molar-refractivity contribution >= 4 is 44.8 Å². The lowest BCUT2D eigenvalue weighted by molar-refractivity contribution is -0.119. The van der Waals surface area contributed by atoms with Gasteiger partial charge in [0, 0.05) is 11.6 Å². The summed E-state index contributed by atoms with van der Waals surface area (Å²) in [5, 5.41) is 3.17. The molecule has 1 aromatic carbocycles. The number of amides is 1. The van der Waals surface area contributed by atoms with E-state index in [0.29, 0.717) is 11.6 Å². The summed E-state index contributed by atoms with van der Waals surface area (Å²) in [6.07, 6.45) is 1.78. The molecule has 1 rings (SSSR count). The monoisotopic (exact) mass is 338 g/mol. The van der Waals surface area contributed by atoms with E-state index in [-0.39, 0.29) is 17.3 Å². The molecule has 1 aromatic rings. The minimum absolute atomic E-state index is 0.188. The molecule has 0 aliphatic heterocycles. The number of nitrogens with zero attached hydrogens (tertiary/aromatic N) is 1. The minimum atomic E-state index is -3.65. The minimum Gasteiger partial charge on any atom is -0.355 e. The van der Waals surface area contributed by atoms with Gasteiger partial charge in [0.05, 0.1) is 17.0 Å². The first-order valence-electron chi connectivity index (χ1n) is 5.95. The van der Waals surface area contributed by atoms with Gasteiger partial charge < -0.3 is 5.32 Å². The third kappa shape index (κ3) is 4.85. The molecule has 1 N–H and O–H groups in total. The van der Waals surface area contributed by atoms with Crippen LogP contribution in [0.25, 0.3) is 0 Å². The number of anilines is 1. The molecule has 112 valence electrons. The second-order valence-electron chi connectivity index (χ2n) is 4.22. The summed E-state index contributed by atoms with van der Waals surface area (Å²) in [5.74, 6) is -0.395. The van der Waals surface area contributed by atoms with Crippen molar-refractivity contribution in [2.24, 2.45) is 0 Å². The number of halogens is 2. The van der Waals surface area contributed by atoms with Crippen molar-refractivity contribution in [3.8, 4) is 0 Å². The van der Waals surface area contributed by atoms with E-state index in [1.54, 1.807) is 6.07 Å². The molecule has 0 spiro atoms. The van der Waals surface area contributed by atoms with Gasteiger partial charge in [-0.1, -0.05) is 30.1 Å². The number of hydrogen-bond donors (Lipinski definition) is 1. The molecule has 1 amide bonds. The van der Waals surface area contributed by atoms with Crippen LogP contribution >= 0.6 is 23.2 Å². The van der Waals surface area contributed by atoms with Gasteiger partial charge in [-0.2, -0.15) is 0 Å². The Balaban J connectivity index is 3.08. The van der Waals surface area contributed by atoms with Gasteiger partial charge in [-0.15, -0.1) is 0 Å². The van der Waals surface area contributed by atoms with Crippen molar-refractivity contribution in [1.82, 2.24) is 5.32 Å². The normalized spacial score (nSPS) is 11.2. The molecule has 0 radical (unpaired) electrons. The van der Waals surface area contributed by atoms with Crippen LogP contribution in [0.5, 0.6) is 0 Å². The molecule has 20 heavy (non-hydrogen) atoms. The third-order valence-electron chi connectivity index (χ3n) is 2.44. The zero-order valence-electron chi connectivity index (χ0n) is 11.2. The predicted molar refractivity (Wildman–Crippen MR) is 82.0 cm³/mol. The molecular weight excluding hydrogens is 323 g/mol. The van der Waals surface area contributed by atoms with Crippen molar-refractivity contribution in [2.45, 2.75) is 13.3 Å². The lowest BCUT2D eigenvalue weighted by atomic mass is 10.3. The van der Waals surface area contributed by atoms with E-state index in [0.717, 1.165) is 17.0 Å². The number of carbonyl (C=O) groups excluding carboxylic acids is 1. The molecule has 0 fully saturated rings. The average Bonchev–Trinajstić information content (AvgIpc) is 2.35. The van der Waals surface area contributed by atoms with Gasteiger partial charge in [0.2, 0.25) is 15.9 Å². The Labute approximate surface area is 128 Å². The van der Waals surface area contributed by atoms with E-state index >= 15 is 0 Å². The van der Waals surface area contributed by atoms with E-state index in [1.807, 2.05) is 6.92 Å². The smallest absolute Gasteiger partial charge is 0.240 e. The Morgan fingerprint density at radius 3 is 2.55 bits per heavy atom. The van der Waals surface area contributed by atoms with Crippen molar-refractivity contribution < 1.29 is 13.2 Å². The molecule has 0 aliphatic rings. The van der Waals surface area contributed by atoms with Crippen LogP contribution in [-0.2, 0) is 14.8 Å². The topological polar surface area (TPSA) is 66.5 Å². The molecule has 0 bridgehead atoms. The van der Waals surface area contributed by atoms with Gasteiger partial charge in [-0.25, -0.2) is 8.42 Å². The standard InChI is InChI=1S/C12H16Cl2N2O3S/c1-3-6-15-12(17)8-16(20(2,18)19)11-7-9(13)4-5-10(11)14/h4-5,7H,3,6,8H2,1-2H3,(H,15,17). The van der Waals surface area contributed by atoms with Crippen LogP contribution in [0.1, 0.15) is 13.3 Å². The van der Waals surface area contributed by atoms with E-state index in [9.17, 15) is 13.2 Å². The molecule has 8 heteroatoms. The Kier molecular flexibility index (Phi) is 6.10. The Bertz CT molecular complexity index is 590. The summed E-state index contributed by atoms with van der Waals surface area (Å²) >= 11 is 11.8. The summed E-state index contributed by atoms with van der Waals surface area (Å²) in [5.41, 5.74) is 0.188. The molecule has 0 heterocycles. The number of nitrogens with one attached hydrogen (secondary N) is 1. The van der Waals surface area contributed by atoms with E-state index < -0.39 is 15.9 Å². The van der Waals surface area contributed by atoms with Crippen molar-refractivity contribution in [1.29, 1.82) is 0 Å². The summed E-state index contributed by atoms with van der Waals surface area (Å²) < 4.78 is 24.6. The lowest BCUT2D eigenvalue weighted by Gasteiger charge is -2.23. The van der Waals surface area contributed by atoms with Crippen LogP contribution in [0.15, 0.2) is 18.2 Å². The molecule has 5 nitrogen and oxygen atoms in total. The fourth-order valence-corrected chi connectivity index (χ4v) is 2.80. The summed E-state index contributed by atoms with van der Waals surface area (Å²) in [6, 6.07) is 4.45. The maximum absolute atomic E-state index is 11.8. The summed E-state index contributed by atoms with van der Waals surface area (Å²) in [7, 11) is -3.65. The largest absolute Gasteiger partial charge is 0.355 e. The Morgan fingerprint density at radius 1 is 1.35 bits per heavy atom. The maximum atomic E-state index is 11.8. The number of rotatable bonds is 6. The van der Waals surface area contributed by atoms with Gasteiger partial charge in [0.1, 0.15) is 6.54 Å². The lowest BCUT2D eigenvalue weighted by Crippen LogP contribution is -2.40. The number of carbonyl (C=O) groups is 1. The van der Waals surface area contributed by atoms with E-state index in [1.165, 1.54) is 12.1 Å². The highest BCUT2D eigenvalue weighted by Crippen LogP contribution is 2.30. The van der Waals surface area contributed by atoms with Crippen molar-refractivity contribution in [3.05, 3.63) is 28.2 Å². The fourth-order valence-electron chi connectivity index (χ4n) is 1.51. The first kappa shape index (κ1) is 17.1. The van der Waals surface area contributed by atoms with Crippen LogP contribution in [0.3, 0.4) is 0 Å². The van der Waals surface area contributed by atoms with Crippen LogP contribution in [-0.4, -0.2) is 33.7 Å². The Morgan fingerprint density at radius 2 is 2.00 bits per heavy atom. The van der Waals surface area contributed by atoms with E-state index in [2.05, 4.69) is 5.32 Å². The van der Waals surface area contributed by atoms with Gasteiger partial charge in [0.15, 0.2) is 0 Å². The average molecular weight is 339 g/mol. The second-order valence-corrected chi connectivity index (χ2v) is 6.97. The molecule has 0 atom stereocenters. The zero-order valence-corrected chi connectivity index (χ0v) is 13.5. The van der Waals surface area contributed by atoms with Gasteiger partial charge >= 0.3 is 0 Å². The maximum Gasteiger partial charge on any atom is 0.240 e. The predicted octanol–water partition coefficient (Wildman–Crippen LogP) is 2.29. The van der Waals surface area contributed by atoms with Gasteiger partial charge in [-0.3, -0.25) is 9.10 Å². The summed E-state index contributed by atoms with van der Waals surface area (Å²) in [6.45, 7) is 2.06. The zero-order chi connectivity index (χ0) is 15.3. The molecular formula is C12H16Cl2N2O3S. The van der Waals surface area contributed by atoms with Gasteiger partial charge in [-0.05, 0) is 24.6 Å². The molecule has 0 saturated carbocycles. The molecule has 0 unspecified atom stereocenters. The SMILES string of the molecule is CCCNC(=O)CN(c1cc(Cl)ccc1Cl)S(C)(=O)=O. The highest BCUT2D eigenvalue weighted by Gasteiger charge is 2.23. The molecule has 0 aliphatic carbocycles. The van der Waals surface area contributed by atoms with Crippen LogP contribution in [0, 0.1) is 0 Å². The first-order valence-corrected chi connectivity index (χ1v) is 8.55. The number of hydrogen-bond acceptors (Lipinski definition) is 3. The van der Waals surface area contributed by atoms with E-state index in [4.69, 9.17) is 23.2 Å². The molecule has 0 saturated heterocycles. The molecule has 0 aromatic heterocycles. The first-order chi connectivity index (χ1) is 9.25. The summed E-state index contributed by atoms with van der Waals surface area (Å²) in [4.78, 5) is 11.7. The van der Waals surface area contributed by atoms with Gasteiger partial charge in [0.25, 0.3) is 0 Å². The van der Waals surface area contributed by atoms with Crippen molar-refractivity contribution in [3.63, 3.8) is 0 Å². The quantitative estimate of drug-likeness (QED) is 0.865. The number of benzene rings is 1. The van der Waals surface area contributed by atoms with Crippen LogP contribution in [0.2, 0.25) is 10.0 Å². The number of sulfonamides is 1. The Hall–Kier alpha value is -0.980. The highest BCUT2D eigenvalue weighted by molar-refractivity contribution is 7.92. The fraction of sp³-hybridized carbons (Fsp3) is 0.417. The van der Waals surface area contributed by atoms with Crippen molar-refractivity contribution in [2.75, 3.05) is 23.7 Å². The van der Waals surface area contributed by atoms with Crippen LogP contribution < -0.4 is 9.62 Å².